The number of guanidine groups is 1. The Labute approximate surface area is 173 Å². The molecular formula is C17H32IN7O. The van der Waals surface area contributed by atoms with E-state index in [1.807, 2.05) is 18.7 Å². The van der Waals surface area contributed by atoms with Crippen molar-refractivity contribution in [3.05, 3.63) is 11.6 Å². The second kappa shape index (κ2) is 9.32. The number of rotatable bonds is 4. The number of aliphatic imine (C=N–C) groups is 1. The molecule has 1 unspecified atom stereocenters. The first-order valence-corrected chi connectivity index (χ1v) is 9.15. The van der Waals surface area contributed by atoms with Crippen molar-refractivity contribution >= 4 is 29.9 Å². The van der Waals surface area contributed by atoms with Crippen LogP contribution in [0.3, 0.4) is 0 Å². The lowest BCUT2D eigenvalue weighted by molar-refractivity contribution is -0.00503. The van der Waals surface area contributed by atoms with Crippen molar-refractivity contribution in [1.82, 2.24) is 30.3 Å². The zero-order valence-electron chi connectivity index (χ0n) is 16.3. The minimum atomic E-state index is 0. The quantitative estimate of drug-likeness (QED) is 0.380. The number of nitrogens with one attached hydrogen (secondary N) is 2. The minimum absolute atomic E-state index is 0. The van der Waals surface area contributed by atoms with E-state index in [1.54, 1.807) is 0 Å². The second-order valence-electron chi connectivity index (χ2n) is 7.29. The maximum atomic E-state index is 5.55. The second-order valence-corrected chi connectivity index (χ2v) is 7.29. The third-order valence-corrected chi connectivity index (χ3v) is 5.49. The molecule has 1 aromatic heterocycles. The lowest BCUT2D eigenvalue weighted by Crippen LogP contribution is -2.58. The summed E-state index contributed by atoms with van der Waals surface area (Å²) < 4.78 is 7.57. The number of ether oxygens (including phenoxy) is 1. The molecule has 9 heteroatoms. The van der Waals surface area contributed by atoms with Crippen molar-refractivity contribution in [2.45, 2.75) is 50.7 Å². The third kappa shape index (κ3) is 4.86. The van der Waals surface area contributed by atoms with Gasteiger partial charge in [-0.3, -0.25) is 4.99 Å². The topological polar surface area (TPSA) is 79.6 Å². The zero-order chi connectivity index (χ0) is 17.9. The van der Waals surface area contributed by atoms with Crippen molar-refractivity contribution in [3.8, 4) is 0 Å². The summed E-state index contributed by atoms with van der Waals surface area (Å²) in [6.07, 6.45) is 4.07. The molecule has 2 aliphatic heterocycles. The molecule has 3 rings (SSSR count). The van der Waals surface area contributed by atoms with E-state index in [2.05, 4.69) is 44.7 Å². The molecule has 8 nitrogen and oxygen atoms in total. The summed E-state index contributed by atoms with van der Waals surface area (Å²) in [6, 6.07) is 0.324. The number of halogens is 1. The molecule has 148 valence electrons. The molecule has 0 radical (unpaired) electrons. The van der Waals surface area contributed by atoms with E-state index in [4.69, 9.17) is 4.74 Å². The van der Waals surface area contributed by atoms with E-state index in [1.165, 1.54) is 0 Å². The zero-order valence-corrected chi connectivity index (χ0v) is 18.6. The molecule has 1 atom stereocenters. The SMILES string of the molecule is CN=C(NCC1(N(C)C)CCOCC1)NC1CCc2nc(C)nn2C1.I. The molecule has 3 heterocycles. The molecule has 1 aromatic rings. The maximum Gasteiger partial charge on any atom is 0.191 e. The Morgan fingerprint density at radius 3 is 2.77 bits per heavy atom. The van der Waals surface area contributed by atoms with E-state index < -0.39 is 0 Å². The summed E-state index contributed by atoms with van der Waals surface area (Å²) in [5.74, 6) is 2.80. The Bertz CT molecular complexity index is 610. The van der Waals surface area contributed by atoms with E-state index in [-0.39, 0.29) is 29.5 Å². The average Bonchev–Trinajstić information content (AvgIpc) is 2.98. The van der Waals surface area contributed by atoms with Crippen LogP contribution in [0.25, 0.3) is 0 Å². The molecule has 0 aliphatic carbocycles. The van der Waals surface area contributed by atoms with Gasteiger partial charge in [0.1, 0.15) is 11.6 Å². The fraction of sp³-hybridized carbons (Fsp3) is 0.824. The van der Waals surface area contributed by atoms with Crippen LogP contribution < -0.4 is 10.6 Å². The van der Waals surface area contributed by atoms with Gasteiger partial charge in [-0.1, -0.05) is 0 Å². The van der Waals surface area contributed by atoms with Gasteiger partial charge in [0.05, 0.1) is 6.54 Å². The minimum Gasteiger partial charge on any atom is -0.381 e. The molecule has 2 aliphatic rings. The van der Waals surface area contributed by atoms with Crippen LogP contribution in [0.4, 0.5) is 0 Å². The van der Waals surface area contributed by atoms with Crippen LogP contribution in [-0.2, 0) is 17.7 Å². The normalized spacial score (nSPS) is 22.5. The molecule has 0 spiro atoms. The molecule has 1 fully saturated rings. The Kier molecular flexibility index (Phi) is 7.65. The highest BCUT2D eigenvalue weighted by atomic mass is 127. The molecule has 1 saturated heterocycles. The lowest BCUT2D eigenvalue weighted by atomic mass is 9.88. The number of nitrogens with zero attached hydrogens (tertiary/aromatic N) is 5. The first-order valence-electron chi connectivity index (χ1n) is 9.15. The molecular weight excluding hydrogens is 445 g/mol. The van der Waals surface area contributed by atoms with Gasteiger partial charge in [0, 0.05) is 44.8 Å². The van der Waals surface area contributed by atoms with Crippen molar-refractivity contribution < 1.29 is 4.74 Å². The molecule has 0 aromatic carbocycles. The van der Waals surface area contributed by atoms with Gasteiger partial charge in [0.15, 0.2) is 5.96 Å². The molecule has 0 saturated carbocycles. The van der Waals surface area contributed by atoms with E-state index in [9.17, 15) is 0 Å². The highest BCUT2D eigenvalue weighted by Gasteiger charge is 2.35. The van der Waals surface area contributed by atoms with E-state index >= 15 is 0 Å². The molecule has 0 amide bonds. The summed E-state index contributed by atoms with van der Waals surface area (Å²) in [5, 5.41) is 11.6. The smallest absolute Gasteiger partial charge is 0.191 e. The van der Waals surface area contributed by atoms with Crippen LogP contribution in [0, 0.1) is 6.92 Å². The first-order chi connectivity index (χ1) is 12.0. The van der Waals surface area contributed by atoms with E-state index in [0.29, 0.717) is 6.04 Å². The predicted octanol–water partition coefficient (Wildman–Crippen LogP) is 0.795. The van der Waals surface area contributed by atoms with Crippen LogP contribution >= 0.6 is 24.0 Å². The highest BCUT2D eigenvalue weighted by molar-refractivity contribution is 14.0. The van der Waals surface area contributed by atoms with Gasteiger partial charge in [0.25, 0.3) is 0 Å². The van der Waals surface area contributed by atoms with Crippen molar-refractivity contribution in [1.29, 1.82) is 0 Å². The largest absolute Gasteiger partial charge is 0.381 e. The van der Waals surface area contributed by atoms with E-state index in [0.717, 1.165) is 69.6 Å². The number of fused-ring (bicyclic) bond motifs is 1. The van der Waals surface area contributed by atoms with Crippen molar-refractivity contribution in [3.63, 3.8) is 0 Å². The Hall–Kier alpha value is -0.940. The fourth-order valence-corrected chi connectivity index (χ4v) is 3.72. The highest BCUT2D eigenvalue weighted by Crippen LogP contribution is 2.25. The summed E-state index contributed by atoms with van der Waals surface area (Å²) in [4.78, 5) is 11.2. The van der Waals surface area contributed by atoms with Crippen molar-refractivity contribution in [2.75, 3.05) is 40.9 Å². The Balaban J connectivity index is 0.00000243. The van der Waals surface area contributed by atoms with Gasteiger partial charge >= 0.3 is 0 Å². The fourth-order valence-electron chi connectivity index (χ4n) is 3.72. The summed E-state index contributed by atoms with van der Waals surface area (Å²) >= 11 is 0. The maximum absolute atomic E-state index is 5.55. The standard InChI is InChI=1S/C17H31N7O.HI/c1-13-20-15-6-5-14(11-24(15)22-13)21-16(18-2)19-12-17(23(3)4)7-9-25-10-8-17;/h14H,5-12H2,1-4H3,(H2,18,19,21);1H. The van der Waals surface area contributed by atoms with Crippen LogP contribution in [-0.4, -0.2) is 78.1 Å². The van der Waals surface area contributed by atoms with Crippen LogP contribution in [0.2, 0.25) is 0 Å². The van der Waals surface area contributed by atoms with Crippen molar-refractivity contribution in [2.24, 2.45) is 4.99 Å². The van der Waals surface area contributed by atoms with Gasteiger partial charge in [-0.2, -0.15) is 5.10 Å². The number of hydrogen-bond donors (Lipinski definition) is 2. The summed E-state index contributed by atoms with van der Waals surface area (Å²) in [5.41, 5.74) is 0.124. The lowest BCUT2D eigenvalue weighted by Gasteiger charge is -2.43. The number of aryl methyl sites for hydroxylation is 2. The molecule has 0 bridgehead atoms. The predicted molar refractivity (Wildman–Crippen MR) is 113 cm³/mol. The average molecular weight is 477 g/mol. The van der Waals surface area contributed by atoms with Crippen LogP contribution in [0.15, 0.2) is 4.99 Å². The first kappa shape index (κ1) is 21.4. The Morgan fingerprint density at radius 2 is 2.12 bits per heavy atom. The molecule has 2 N–H and O–H groups in total. The number of likely N-dealkylation sites (N-methyl/N-ethyl adjacent to an activating group) is 1. The Morgan fingerprint density at radius 1 is 1.38 bits per heavy atom. The summed E-state index contributed by atoms with van der Waals surface area (Å²) in [7, 11) is 6.13. The van der Waals surface area contributed by atoms with Crippen LogP contribution in [0.1, 0.15) is 30.9 Å². The van der Waals surface area contributed by atoms with Gasteiger partial charge in [-0.25, -0.2) is 9.67 Å². The van der Waals surface area contributed by atoms with Gasteiger partial charge < -0.3 is 20.3 Å². The summed E-state index contributed by atoms with van der Waals surface area (Å²) in [6.45, 7) is 5.29. The molecule has 26 heavy (non-hydrogen) atoms. The van der Waals surface area contributed by atoms with Gasteiger partial charge in [-0.05, 0) is 40.3 Å². The monoisotopic (exact) mass is 477 g/mol. The van der Waals surface area contributed by atoms with Gasteiger partial charge in [0.2, 0.25) is 0 Å². The number of hydrogen-bond acceptors (Lipinski definition) is 5. The third-order valence-electron chi connectivity index (χ3n) is 5.49. The van der Waals surface area contributed by atoms with Gasteiger partial charge in [-0.15, -0.1) is 24.0 Å². The van der Waals surface area contributed by atoms with Crippen LogP contribution in [0.5, 0.6) is 0 Å². The number of aromatic nitrogens is 3.